The Morgan fingerprint density at radius 3 is 2.12 bits per heavy atom. The van der Waals surface area contributed by atoms with Gasteiger partial charge in [-0.2, -0.15) is 0 Å². The maximum absolute atomic E-state index is 14.0. The van der Waals surface area contributed by atoms with Gasteiger partial charge in [0.25, 0.3) is 0 Å². The molecule has 1 rings (SSSR count). The largest absolute Gasteiger partial charge is 0.496 e. The first-order valence-corrected chi connectivity index (χ1v) is 5.07. The van der Waals surface area contributed by atoms with Crippen molar-refractivity contribution in [3.8, 4) is 11.5 Å². The zero-order valence-corrected chi connectivity index (χ0v) is 10.1. The van der Waals surface area contributed by atoms with E-state index in [1.807, 2.05) is 13.8 Å². The number of hydrogen-bond acceptors (Lipinski definition) is 3. The number of rotatable bonds is 4. The van der Waals surface area contributed by atoms with Crippen LogP contribution in [0.1, 0.15) is 19.4 Å². The zero-order chi connectivity index (χ0) is 12.3. The summed E-state index contributed by atoms with van der Waals surface area (Å²) in [6, 6.07) is 3.23. The van der Waals surface area contributed by atoms with E-state index in [9.17, 15) is 4.39 Å². The molecule has 0 saturated carbocycles. The fourth-order valence-electron chi connectivity index (χ4n) is 1.55. The number of methoxy groups -OCH3 is 2. The molecule has 2 N–H and O–H groups in total. The molecule has 0 radical (unpaired) electrons. The van der Waals surface area contributed by atoms with Crippen LogP contribution in [0, 0.1) is 5.82 Å². The highest BCUT2D eigenvalue weighted by molar-refractivity contribution is 5.42. The molecule has 0 amide bonds. The van der Waals surface area contributed by atoms with Gasteiger partial charge in [0.2, 0.25) is 0 Å². The van der Waals surface area contributed by atoms with Crippen molar-refractivity contribution in [3.05, 3.63) is 23.5 Å². The van der Waals surface area contributed by atoms with E-state index in [2.05, 4.69) is 0 Å². The lowest BCUT2D eigenvalue weighted by Crippen LogP contribution is -2.35. The van der Waals surface area contributed by atoms with Crippen LogP contribution in [-0.2, 0) is 6.42 Å². The Kier molecular flexibility index (Phi) is 3.75. The molecule has 0 saturated heterocycles. The Labute approximate surface area is 95.4 Å². The SMILES string of the molecule is COc1ccc(OC)c(CC(C)(C)N)c1F. The van der Waals surface area contributed by atoms with Crippen molar-refractivity contribution in [2.24, 2.45) is 5.73 Å². The van der Waals surface area contributed by atoms with Crippen LogP contribution in [0.4, 0.5) is 4.39 Å². The molecule has 0 atom stereocenters. The molecule has 4 heteroatoms. The molecular weight excluding hydrogens is 209 g/mol. The van der Waals surface area contributed by atoms with E-state index >= 15 is 0 Å². The maximum Gasteiger partial charge on any atom is 0.171 e. The van der Waals surface area contributed by atoms with Crippen LogP contribution in [0.5, 0.6) is 11.5 Å². The van der Waals surface area contributed by atoms with Gasteiger partial charge in [-0.25, -0.2) is 4.39 Å². The van der Waals surface area contributed by atoms with E-state index in [0.717, 1.165) is 0 Å². The predicted molar refractivity (Wildman–Crippen MR) is 61.5 cm³/mol. The van der Waals surface area contributed by atoms with Gasteiger partial charge in [-0.05, 0) is 32.4 Å². The smallest absolute Gasteiger partial charge is 0.171 e. The van der Waals surface area contributed by atoms with Crippen LogP contribution in [0.2, 0.25) is 0 Å². The average Bonchev–Trinajstić information content (AvgIpc) is 2.19. The minimum Gasteiger partial charge on any atom is -0.496 e. The van der Waals surface area contributed by atoms with Crippen molar-refractivity contribution >= 4 is 0 Å². The van der Waals surface area contributed by atoms with Gasteiger partial charge in [-0.15, -0.1) is 0 Å². The highest BCUT2D eigenvalue weighted by atomic mass is 19.1. The summed E-state index contributed by atoms with van der Waals surface area (Å²) >= 11 is 0. The molecule has 0 aliphatic carbocycles. The van der Waals surface area contributed by atoms with E-state index in [1.54, 1.807) is 12.1 Å². The van der Waals surface area contributed by atoms with E-state index in [4.69, 9.17) is 15.2 Å². The molecular formula is C12H18FNO2. The number of ether oxygens (including phenoxy) is 2. The van der Waals surface area contributed by atoms with Crippen molar-refractivity contribution in [1.82, 2.24) is 0 Å². The number of hydrogen-bond donors (Lipinski definition) is 1. The minimum absolute atomic E-state index is 0.208. The Morgan fingerprint density at radius 1 is 1.19 bits per heavy atom. The maximum atomic E-state index is 14.0. The summed E-state index contributed by atoms with van der Waals surface area (Å²) in [6.45, 7) is 3.68. The van der Waals surface area contributed by atoms with Gasteiger partial charge in [-0.1, -0.05) is 0 Å². The fourth-order valence-corrected chi connectivity index (χ4v) is 1.55. The summed E-state index contributed by atoms with van der Waals surface area (Å²) in [5.74, 6) is 0.303. The summed E-state index contributed by atoms with van der Waals surface area (Å²) in [7, 11) is 2.94. The van der Waals surface area contributed by atoms with Gasteiger partial charge in [0.15, 0.2) is 11.6 Å². The molecule has 3 nitrogen and oxygen atoms in total. The van der Waals surface area contributed by atoms with Crippen molar-refractivity contribution in [2.75, 3.05) is 14.2 Å². The summed E-state index contributed by atoms with van der Waals surface area (Å²) < 4.78 is 24.0. The van der Waals surface area contributed by atoms with Crippen molar-refractivity contribution < 1.29 is 13.9 Å². The highest BCUT2D eigenvalue weighted by Gasteiger charge is 2.21. The molecule has 0 bridgehead atoms. The third-order valence-corrected chi connectivity index (χ3v) is 2.24. The Balaban J connectivity index is 3.21. The third-order valence-electron chi connectivity index (χ3n) is 2.24. The Bertz CT molecular complexity index is 372. The van der Waals surface area contributed by atoms with E-state index in [-0.39, 0.29) is 5.75 Å². The molecule has 0 heterocycles. The van der Waals surface area contributed by atoms with Gasteiger partial charge in [-0.3, -0.25) is 0 Å². The second-order valence-electron chi connectivity index (χ2n) is 4.43. The quantitative estimate of drug-likeness (QED) is 0.857. The molecule has 0 fully saturated rings. The lowest BCUT2D eigenvalue weighted by Gasteiger charge is -2.21. The van der Waals surface area contributed by atoms with Crippen LogP contribution in [0.15, 0.2) is 12.1 Å². The number of benzene rings is 1. The van der Waals surface area contributed by atoms with Crippen LogP contribution in [0.3, 0.4) is 0 Å². The standard InChI is InChI=1S/C12H18FNO2/c1-12(2,14)7-8-9(15-3)5-6-10(16-4)11(8)13/h5-6H,7,14H2,1-4H3. The van der Waals surface area contributed by atoms with Crippen molar-refractivity contribution in [3.63, 3.8) is 0 Å². The zero-order valence-electron chi connectivity index (χ0n) is 10.1. The van der Waals surface area contributed by atoms with Crippen molar-refractivity contribution in [2.45, 2.75) is 25.8 Å². The summed E-state index contributed by atoms with van der Waals surface area (Å²) in [5.41, 5.74) is 5.84. The Morgan fingerprint density at radius 2 is 1.69 bits per heavy atom. The van der Waals surface area contributed by atoms with E-state index in [0.29, 0.717) is 17.7 Å². The van der Waals surface area contributed by atoms with Crippen LogP contribution in [-0.4, -0.2) is 19.8 Å². The molecule has 0 spiro atoms. The van der Waals surface area contributed by atoms with Gasteiger partial charge < -0.3 is 15.2 Å². The van der Waals surface area contributed by atoms with Crippen LogP contribution < -0.4 is 15.2 Å². The highest BCUT2D eigenvalue weighted by Crippen LogP contribution is 2.31. The summed E-state index contributed by atoms with van der Waals surface area (Å²) in [5, 5.41) is 0. The third kappa shape index (κ3) is 2.85. The number of nitrogens with two attached hydrogens (primary N) is 1. The molecule has 1 aromatic rings. The first kappa shape index (κ1) is 12.8. The van der Waals surface area contributed by atoms with Crippen LogP contribution in [0.25, 0.3) is 0 Å². The fraction of sp³-hybridized carbons (Fsp3) is 0.500. The Hall–Kier alpha value is -1.29. The monoisotopic (exact) mass is 227 g/mol. The minimum atomic E-state index is -0.500. The first-order valence-electron chi connectivity index (χ1n) is 5.07. The van der Waals surface area contributed by atoms with Gasteiger partial charge in [0.05, 0.1) is 14.2 Å². The molecule has 0 aromatic heterocycles. The number of halogens is 1. The molecule has 0 unspecified atom stereocenters. The second-order valence-corrected chi connectivity index (χ2v) is 4.43. The van der Waals surface area contributed by atoms with E-state index in [1.165, 1.54) is 14.2 Å². The molecule has 0 aliphatic heterocycles. The topological polar surface area (TPSA) is 44.5 Å². The van der Waals surface area contributed by atoms with Gasteiger partial charge in [0.1, 0.15) is 5.75 Å². The van der Waals surface area contributed by atoms with Crippen molar-refractivity contribution in [1.29, 1.82) is 0 Å². The molecule has 16 heavy (non-hydrogen) atoms. The van der Waals surface area contributed by atoms with E-state index < -0.39 is 11.4 Å². The normalized spacial score (nSPS) is 11.4. The predicted octanol–water partition coefficient (Wildman–Crippen LogP) is 2.12. The average molecular weight is 227 g/mol. The summed E-state index contributed by atoms with van der Waals surface area (Å²) in [6.07, 6.45) is 0.388. The molecule has 90 valence electrons. The lowest BCUT2D eigenvalue weighted by molar-refractivity contribution is 0.365. The first-order chi connectivity index (χ1) is 7.39. The second kappa shape index (κ2) is 4.70. The molecule has 0 aliphatic rings. The van der Waals surface area contributed by atoms with Crippen LogP contribution >= 0.6 is 0 Å². The lowest BCUT2D eigenvalue weighted by atomic mass is 9.95. The van der Waals surface area contributed by atoms with Gasteiger partial charge >= 0.3 is 0 Å². The van der Waals surface area contributed by atoms with Gasteiger partial charge in [0, 0.05) is 11.1 Å². The molecule has 1 aromatic carbocycles. The summed E-state index contributed by atoms with van der Waals surface area (Å²) in [4.78, 5) is 0.